The summed E-state index contributed by atoms with van der Waals surface area (Å²) in [7, 11) is 0. The number of hydrogen-bond acceptors (Lipinski definition) is 6. The molecule has 1 fully saturated rings. The number of rotatable bonds is 6. The minimum absolute atomic E-state index is 0.125. The zero-order valence-corrected chi connectivity index (χ0v) is 22.9. The first-order valence-corrected chi connectivity index (χ1v) is 13.3. The van der Waals surface area contributed by atoms with Gasteiger partial charge in [-0.15, -0.1) is 0 Å². The second-order valence-electron chi connectivity index (χ2n) is 11.0. The van der Waals surface area contributed by atoms with Crippen molar-refractivity contribution in [1.82, 2.24) is 19.0 Å². The molecule has 40 heavy (non-hydrogen) atoms. The Morgan fingerprint density at radius 1 is 1.12 bits per heavy atom. The van der Waals surface area contributed by atoms with Gasteiger partial charge >= 0.3 is 5.69 Å². The molecule has 0 saturated carbocycles. The van der Waals surface area contributed by atoms with Gasteiger partial charge in [-0.25, -0.2) is 9.78 Å². The molecule has 4 aromatic rings. The zero-order chi connectivity index (χ0) is 28.4. The van der Waals surface area contributed by atoms with Gasteiger partial charge in [0.2, 0.25) is 0 Å². The van der Waals surface area contributed by atoms with Gasteiger partial charge in [-0.3, -0.25) is 13.9 Å². The van der Waals surface area contributed by atoms with E-state index in [4.69, 9.17) is 10.5 Å². The predicted octanol–water partition coefficient (Wildman–Crippen LogP) is 5.05. The number of amides is 1. The Bertz CT molecular complexity index is 1670. The van der Waals surface area contributed by atoms with Gasteiger partial charge in [0, 0.05) is 19.3 Å². The highest BCUT2D eigenvalue weighted by molar-refractivity contribution is 5.97. The van der Waals surface area contributed by atoms with Crippen LogP contribution >= 0.6 is 0 Å². The number of imidazole rings is 1. The molecule has 3 heterocycles. The van der Waals surface area contributed by atoms with Crippen molar-refractivity contribution < 1.29 is 9.53 Å². The summed E-state index contributed by atoms with van der Waals surface area (Å²) in [5.41, 5.74) is 7.58. The fraction of sp³-hybridized carbons (Fsp3) is 0.290. The fourth-order valence-corrected chi connectivity index (χ4v) is 5.16. The van der Waals surface area contributed by atoms with Crippen molar-refractivity contribution >= 4 is 22.8 Å². The number of nitriles is 1. The third-order valence-electron chi connectivity index (χ3n) is 6.90. The Morgan fingerprint density at radius 2 is 1.82 bits per heavy atom. The molecule has 1 amide bonds. The zero-order valence-electron chi connectivity index (χ0n) is 22.9. The molecule has 1 aliphatic heterocycles. The van der Waals surface area contributed by atoms with E-state index in [0.717, 1.165) is 12.8 Å². The van der Waals surface area contributed by atoms with Crippen molar-refractivity contribution in [2.75, 3.05) is 12.3 Å². The molecule has 0 unspecified atom stereocenters. The number of hydrogen-bond donors (Lipinski definition) is 1. The molecule has 9 heteroatoms. The van der Waals surface area contributed by atoms with E-state index in [1.165, 1.54) is 0 Å². The van der Waals surface area contributed by atoms with Gasteiger partial charge in [-0.2, -0.15) is 5.26 Å². The Labute approximate surface area is 232 Å². The summed E-state index contributed by atoms with van der Waals surface area (Å²) in [6.07, 6.45) is 4.81. The molecule has 0 aliphatic carbocycles. The van der Waals surface area contributed by atoms with E-state index in [1.807, 2.05) is 51.1 Å². The molecule has 0 bridgehead atoms. The van der Waals surface area contributed by atoms with Crippen LogP contribution in [0.2, 0.25) is 0 Å². The molecule has 204 valence electrons. The summed E-state index contributed by atoms with van der Waals surface area (Å²) in [5.74, 6) is 1.28. The molecule has 5 rings (SSSR count). The number of pyridine rings is 1. The highest BCUT2D eigenvalue weighted by atomic mass is 16.5. The maximum Gasteiger partial charge on any atom is 0.333 e. The van der Waals surface area contributed by atoms with Crippen molar-refractivity contribution in [3.8, 4) is 23.3 Å². The van der Waals surface area contributed by atoms with E-state index >= 15 is 0 Å². The molecule has 2 aromatic carbocycles. The number of ether oxygens (including phenoxy) is 1. The maximum atomic E-state index is 13.9. The number of para-hydroxylation sites is 1. The lowest BCUT2D eigenvalue weighted by atomic mass is 9.93. The predicted molar refractivity (Wildman–Crippen MR) is 154 cm³/mol. The van der Waals surface area contributed by atoms with Crippen LogP contribution in [0.25, 0.3) is 16.7 Å². The van der Waals surface area contributed by atoms with Crippen LogP contribution in [0, 0.1) is 16.7 Å². The standard InChI is InChI=1S/C31H32N6O3/c1-31(2,3)18-21(19-32)29(38)35-17-7-8-23(35)20-36-26-15-16-34-28(33)27(26)37(30(36)39)22-11-13-25(14-12-22)40-24-9-5-4-6-10-24/h4-6,9-16,18,23H,7-8,17,20H2,1-3H3,(H2,33,34)/t23-/m0/s1. The molecule has 2 N–H and O–H groups in total. The quantitative estimate of drug-likeness (QED) is 0.272. The number of nitrogens with zero attached hydrogens (tertiary/aromatic N) is 5. The van der Waals surface area contributed by atoms with E-state index in [0.29, 0.717) is 34.8 Å². The Hall–Kier alpha value is -4.84. The highest BCUT2D eigenvalue weighted by Crippen LogP contribution is 2.28. The first-order chi connectivity index (χ1) is 19.2. The number of allylic oxidation sites excluding steroid dienone is 1. The van der Waals surface area contributed by atoms with Crippen LogP contribution in [0.5, 0.6) is 11.5 Å². The molecular formula is C31H32N6O3. The number of carbonyl (C=O) groups excluding carboxylic acids is 1. The number of benzene rings is 2. The van der Waals surface area contributed by atoms with Crippen molar-refractivity contribution in [3.05, 3.63) is 89.0 Å². The lowest BCUT2D eigenvalue weighted by Gasteiger charge is -2.25. The average molecular weight is 537 g/mol. The molecule has 1 aliphatic rings. The summed E-state index contributed by atoms with van der Waals surface area (Å²) in [6, 6.07) is 20.3. The molecular weight excluding hydrogens is 504 g/mol. The van der Waals surface area contributed by atoms with Crippen LogP contribution in [-0.4, -0.2) is 37.5 Å². The van der Waals surface area contributed by atoms with Gasteiger partial charge in [0.15, 0.2) is 0 Å². The summed E-state index contributed by atoms with van der Waals surface area (Å²) < 4.78 is 9.10. The summed E-state index contributed by atoms with van der Waals surface area (Å²) >= 11 is 0. The minimum Gasteiger partial charge on any atom is -0.457 e. The molecule has 2 aromatic heterocycles. The number of nitrogen functional groups attached to an aromatic ring is 1. The molecule has 1 atom stereocenters. The third kappa shape index (κ3) is 5.34. The minimum atomic E-state index is -0.313. The number of anilines is 1. The van der Waals surface area contributed by atoms with Crippen LogP contribution in [0.4, 0.5) is 5.82 Å². The Balaban J connectivity index is 1.49. The summed E-state index contributed by atoms with van der Waals surface area (Å²) in [5, 5.41) is 9.69. The summed E-state index contributed by atoms with van der Waals surface area (Å²) in [6.45, 7) is 6.67. The van der Waals surface area contributed by atoms with Gasteiger partial charge in [-0.05, 0) is 60.7 Å². The van der Waals surface area contributed by atoms with E-state index in [2.05, 4.69) is 11.1 Å². The van der Waals surface area contributed by atoms with Gasteiger partial charge in [0.05, 0.1) is 17.2 Å². The van der Waals surface area contributed by atoms with Crippen LogP contribution < -0.4 is 16.2 Å². The van der Waals surface area contributed by atoms with Crippen LogP contribution in [0.15, 0.2) is 83.3 Å². The second-order valence-corrected chi connectivity index (χ2v) is 11.0. The van der Waals surface area contributed by atoms with Crippen LogP contribution in [0.1, 0.15) is 33.6 Å². The van der Waals surface area contributed by atoms with Gasteiger partial charge in [0.25, 0.3) is 5.91 Å². The second kappa shape index (κ2) is 10.7. The fourth-order valence-electron chi connectivity index (χ4n) is 5.16. The van der Waals surface area contributed by atoms with Crippen LogP contribution in [0.3, 0.4) is 0 Å². The molecule has 1 saturated heterocycles. The molecule has 9 nitrogen and oxygen atoms in total. The van der Waals surface area contributed by atoms with Crippen molar-refractivity contribution in [2.24, 2.45) is 5.41 Å². The monoisotopic (exact) mass is 536 g/mol. The number of nitrogens with two attached hydrogens (primary N) is 1. The van der Waals surface area contributed by atoms with E-state index in [9.17, 15) is 14.9 Å². The number of aromatic nitrogens is 3. The normalized spacial score (nSPS) is 15.8. The largest absolute Gasteiger partial charge is 0.457 e. The van der Waals surface area contributed by atoms with Gasteiger partial charge < -0.3 is 15.4 Å². The lowest BCUT2D eigenvalue weighted by Crippen LogP contribution is -2.40. The van der Waals surface area contributed by atoms with E-state index in [-0.39, 0.29) is 41.0 Å². The van der Waals surface area contributed by atoms with E-state index in [1.54, 1.807) is 56.6 Å². The van der Waals surface area contributed by atoms with E-state index < -0.39 is 0 Å². The van der Waals surface area contributed by atoms with Crippen molar-refractivity contribution in [3.63, 3.8) is 0 Å². The maximum absolute atomic E-state index is 13.9. The highest BCUT2D eigenvalue weighted by Gasteiger charge is 2.33. The van der Waals surface area contributed by atoms with Crippen LogP contribution in [-0.2, 0) is 11.3 Å². The number of likely N-dealkylation sites (tertiary alicyclic amines) is 1. The molecule has 0 spiro atoms. The summed E-state index contributed by atoms with van der Waals surface area (Å²) in [4.78, 5) is 33.2. The van der Waals surface area contributed by atoms with Gasteiger partial charge in [-0.1, -0.05) is 45.0 Å². The van der Waals surface area contributed by atoms with Gasteiger partial charge in [0.1, 0.15) is 34.5 Å². The SMILES string of the molecule is CC(C)(C)C=C(C#N)C(=O)N1CCC[C@H]1Cn1c(=O)n(-c2ccc(Oc3ccccc3)cc2)c2c(N)nccc21. The topological polar surface area (TPSA) is 119 Å². The first-order valence-electron chi connectivity index (χ1n) is 13.3. The first kappa shape index (κ1) is 26.8. The molecule has 0 radical (unpaired) electrons. The smallest absolute Gasteiger partial charge is 0.333 e. The number of carbonyl (C=O) groups is 1. The Morgan fingerprint density at radius 3 is 2.50 bits per heavy atom. The lowest BCUT2D eigenvalue weighted by molar-refractivity contribution is -0.127. The Kier molecular flexibility index (Phi) is 7.18. The van der Waals surface area contributed by atoms with Crippen molar-refractivity contribution in [2.45, 2.75) is 46.2 Å². The average Bonchev–Trinajstić information content (AvgIpc) is 3.51. The third-order valence-corrected chi connectivity index (χ3v) is 6.90. The van der Waals surface area contributed by atoms with Crippen molar-refractivity contribution in [1.29, 1.82) is 5.26 Å². The number of fused-ring (bicyclic) bond motifs is 1.